The van der Waals surface area contributed by atoms with Crippen LogP contribution < -0.4 is 0 Å². The highest BCUT2D eigenvalue weighted by Crippen LogP contribution is 2.31. The van der Waals surface area contributed by atoms with Crippen LogP contribution in [0.1, 0.15) is 25.7 Å². The molecule has 0 fully saturated rings. The van der Waals surface area contributed by atoms with Crippen molar-refractivity contribution in [1.82, 2.24) is 34.5 Å². The topological polar surface area (TPSA) is 85.2 Å². The predicted molar refractivity (Wildman–Crippen MR) is 126 cm³/mol. The molecule has 0 unspecified atom stereocenters. The second-order valence-corrected chi connectivity index (χ2v) is 8.26. The van der Waals surface area contributed by atoms with E-state index in [4.69, 9.17) is 4.98 Å². The number of fused-ring (bicyclic) bond motifs is 3. The molecule has 0 spiro atoms. The van der Waals surface area contributed by atoms with Crippen molar-refractivity contribution in [3.8, 4) is 22.5 Å². The lowest BCUT2D eigenvalue weighted by molar-refractivity contribution is 0.600. The highest BCUT2D eigenvalue weighted by atomic mass is 15.1. The van der Waals surface area contributed by atoms with Crippen molar-refractivity contribution in [2.24, 2.45) is 0 Å². The number of imidazole rings is 1. The van der Waals surface area contributed by atoms with E-state index in [0.717, 1.165) is 55.6 Å². The summed E-state index contributed by atoms with van der Waals surface area (Å²) in [7, 11) is 0. The lowest BCUT2D eigenvalue weighted by Crippen LogP contribution is -2.02. The Labute approximate surface area is 184 Å². The minimum Gasteiger partial charge on any atom is -0.345 e. The van der Waals surface area contributed by atoms with Gasteiger partial charge < -0.3 is 9.55 Å². The van der Waals surface area contributed by atoms with Crippen LogP contribution >= 0.6 is 0 Å². The third-order valence-electron chi connectivity index (χ3n) is 5.84. The molecule has 1 aromatic carbocycles. The SMILES string of the molecule is Cc1nc2ncc(-c3c[nH]c4nc(-c5ccc6ncccc6c5)ncc34)cc2n1C(C)C. The Morgan fingerprint density at radius 2 is 1.84 bits per heavy atom. The van der Waals surface area contributed by atoms with E-state index >= 15 is 0 Å². The van der Waals surface area contributed by atoms with E-state index in [2.05, 4.69) is 55.5 Å². The van der Waals surface area contributed by atoms with Crippen LogP contribution in [-0.4, -0.2) is 34.5 Å². The molecule has 1 N–H and O–H groups in total. The van der Waals surface area contributed by atoms with Gasteiger partial charge in [-0.2, -0.15) is 0 Å². The van der Waals surface area contributed by atoms with Gasteiger partial charge in [0.15, 0.2) is 11.5 Å². The van der Waals surface area contributed by atoms with E-state index in [1.807, 2.05) is 49.8 Å². The van der Waals surface area contributed by atoms with Crippen molar-refractivity contribution < 1.29 is 0 Å². The van der Waals surface area contributed by atoms with Crippen molar-refractivity contribution in [2.45, 2.75) is 26.8 Å². The fraction of sp³-hybridized carbons (Fsp3) is 0.160. The molecule has 7 heteroatoms. The smallest absolute Gasteiger partial charge is 0.177 e. The molecule has 0 radical (unpaired) electrons. The third-order valence-corrected chi connectivity index (χ3v) is 5.84. The molecule has 5 aromatic heterocycles. The average Bonchev–Trinajstić information content (AvgIpc) is 3.37. The first kappa shape index (κ1) is 18.6. The number of H-pyrrole nitrogens is 1. The molecule has 0 aliphatic carbocycles. The largest absolute Gasteiger partial charge is 0.345 e. The first-order chi connectivity index (χ1) is 15.6. The Kier molecular flexibility index (Phi) is 4.04. The van der Waals surface area contributed by atoms with Crippen LogP contribution in [0, 0.1) is 6.92 Å². The highest BCUT2D eigenvalue weighted by molar-refractivity contribution is 5.95. The Morgan fingerprint density at radius 3 is 2.72 bits per heavy atom. The Morgan fingerprint density at radius 1 is 0.938 bits per heavy atom. The van der Waals surface area contributed by atoms with Gasteiger partial charge in [0.05, 0.1) is 11.0 Å². The van der Waals surface area contributed by atoms with Crippen LogP contribution in [0.3, 0.4) is 0 Å². The van der Waals surface area contributed by atoms with Crippen molar-refractivity contribution in [3.63, 3.8) is 0 Å². The number of nitrogens with zero attached hydrogens (tertiary/aromatic N) is 6. The zero-order valence-corrected chi connectivity index (χ0v) is 18.0. The molecular weight excluding hydrogens is 398 g/mol. The van der Waals surface area contributed by atoms with Gasteiger partial charge in [0, 0.05) is 58.3 Å². The van der Waals surface area contributed by atoms with Gasteiger partial charge in [-0.15, -0.1) is 0 Å². The van der Waals surface area contributed by atoms with Gasteiger partial charge in [0.1, 0.15) is 11.5 Å². The minimum absolute atomic E-state index is 0.308. The van der Waals surface area contributed by atoms with Gasteiger partial charge >= 0.3 is 0 Å². The molecule has 6 aromatic rings. The summed E-state index contributed by atoms with van der Waals surface area (Å²) in [5.41, 5.74) is 6.55. The summed E-state index contributed by atoms with van der Waals surface area (Å²) in [5.74, 6) is 1.65. The predicted octanol–water partition coefficient (Wildman–Crippen LogP) is 5.47. The second-order valence-electron chi connectivity index (χ2n) is 8.26. The molecule has 32 heavy (non-hydrogen) atoms. The summed E-state index contributed by atoms with van der Waals surface area (Å²) in [5, 5.41) is 2.03. The molecule has 0 saturated carbocycles. The maximum Gasteiger partial charge on any atom is 0.177 e. The summed E-state index contributed by atoms with van der Waals surface area (Å²) >= 11 is 0. The molecule has 5 heterocycles. The fourth-order valence-electron chi connectivity index (χ4n) is 4.39. The first-order valence-electron chi connectivity index (χ1n) is 10.6. The number of aryl methyl sites for hydroxylation is 1. The van der Waals surface area contributed by atoms with E-state index < -0.39 is 0 Å². The van der Waals surface area contributed by atoms with Gasteiger partial charge in [-0.3, -0.25) is 4.98 Å². The van der Waals surface area contributed by atoms with Crippen LogP contribution in [0.25, 0.3) is 55.6 Å². The van der Waals surface area contributed by atoms with Crippen LogP contribution in [0.2, 0.25) is 0 Å². The van der Waals surface area contributed by atoms with Crippen molar-refractivity contribution >= 4 is 33.1 Å². The molecule has 156 valence electrons. The van der Waals surface area contributed by atoms with Gasteiger partial charge in [-0.05, 0) is 51.1 Å². The maximum atomic E-state index is 4.79. The minimum atomic E-state index is 0.308. The number of pyridine rings is 2. The Bertz CT molecular complexity index is 1620. The average molecular weight is 419 g/mol. The number of aromatic nitrogens is 7. The van der Waals surface area contributed by atoms with E-state index in [1.165, 1.54) is 0 Å². The number of nitrogens with one attached hydrogen (secondary N) is 1. The Hall–Kier alpha value is -4.13. The number of benzene rings is 1. The third kappa shape index (κ3) is 2.85. The highest BCUT2D eigenvalue weighted by Gasteiger charge is 2.15. The van der Waals surface area contributed by atoms with Crippen LogP contribution in [0.15, 0.2) is 61.2 Å². The van der Waals surface area contributed by atoms with E-state index in [0.29, 0.717) is 11.9 Å². The van der Waals surface area contributed by atoms with Crippen molar-refractivity contribution in [1.29, 1.82) is 0 Å². The van der Waals surface area contributed by atoms with Gasteiger partial charge in [-0.25, -0.2) is 19.9 Å². The number of rotatable bonds is 3. The van der Waals surface area contributed by atoms with E-state index in [-0.39, 0.29) is 0 Å². The van der Waals surface area contributed by atoms with Crippen LogP contribution in [-0.2, 0) is 0 Å². The number of hydrogen-bond acceptors (Lipinski definition) is 5. The lowest BCUT2D eigenvalue weighted by Gasteiger charge is -2.11. The fourth-order valence-corrected chi connectivity index (χ4v) is 4.39. The van der Waals surface area contributed by atoms with Gasteiger partial charge in [-0.1, -0.05) is 6.07 Å². The molecule has 0 amide bonds. The van der Waals surface area contributed by atoms with Crippen LogP contribution in [0.5, 0.6) is 0 Å². The van der Waals surface area contributed by atoms with Crippen LogP contribution in [0.4, 0.5) is 0 Å². The summed E-state index contributed by atoms with van der Waals surface area (Å²) in [6, 6.07) is 12.5. The maximum absolute atomic E-state index is 4.79. The first-order valence-corrected chi connectivity index (χ1v) is 10.6. The monoisotopic (exact) mass is 419 g/mol. The van der Waals surface area contributed by atoms with E-state index in [9.17, 15) is 0 Å². The number of aromatic amines is 1. The molecule has 0 saturated heterocycles. The zero-order valence-electron chi connectivity index (χ0n) is 18.0. The quantitative estimate of drug-likeness (QED) is 0.411. The molecule has 7 nitrogen and oxygen atoms in total. The van der Waals surface area contributed by atoms with Crippen molar-refractivity contribution in [2.75, 3.05) is 0 Å². The standard InChI is InChI=1S/C25H21N7/c1-14(2)32-15(3)30-25-22(32)10-18(11-27-25)19-12-29-24-20(19)13-28-23(31-24)17-6-7-21-16(9-17)5-4-8-26-21/h4-14H,1-3H3,(H,28,29,31). The summed E-state index contributed by atoms with van der Waals surface area (Å²) in [4.78, 5) is 26.4. The van der Waals surface area contributed by atoms with Gasteiger partial charge in [0.2, 0.25) is 0 Å². The van der Waals surface area contributed by atoms with Gasteiger partial charge in [0.25, 0.3) is 0 Å². The molecule has 0 aliphatic heterocycles. The van der Waals surface area contributed by atoms with E-state index in [1.54, 1.807) is 6.20 Å². The zero-order chi connectivity index (χ0) is 21.8. The summed E-state index contributed by atoms with van der Waals surface area (Å²) < 4.78 is 2.21. The molecule has 0 bridgehead atoms. The molecular formula is C25H21N7. The second kappa shape index (κ2) is 6.95. The molecule has 0 atom stereocenters. The lowest BCUT2D eigenvalue weighted by atomic mass is 10.1. The summed E-state index contributed by atoms with van der Waals surface area (Å²) in [6.45, 7) is 6.33. The summed E-state index contributed by atoms with van der Waals surface area (Å²) in [6.07, 6.45) is 7.52. The van der Waals surface area contributed by atoms with Crippen molar-refractivity contribution in [3.05, 3.63) is 67.0 Å². The normalized spacial score (nSPS) is 11.9. The number of hydrogen-bond donors (Lipinski definition) is 1. The molecule has 0 aliphatic rings. The Balaban J connectivity index is 1.45. The molecule has 6 rings (SSSR count).